The SMILES string of the molecule is C[C@]1(c2cccc3ccccc23)NC(=O)N(CC(=O)Nc2cccc3ccccc23)C1=O. The molecule has 2 N–H and O–H groups in total. The van der Waals surface area contributed by atoms with Crippen molar-refractivity contribution in [3.8, 4) is 0 Å². The predicted octanol–water partition coefficient (Wildman–Crippen LogP) is 4.40. The van der Waals surface area contributed by atoms with E-state index < -0.39 is 23.4 Å². The molecule has 32 heavy (non-hydrogen) atoms. The molecular formula is C26H21N3O3. The molecule has 0 radical (unpaired) electrons. The van der Waals surface area contributed by atoms with Gasteiger partial charge in [-0.1, -0.05) is 78.9 Å². The van der Waals surface area contributed by atoms with Crippen LogP contribution in [-0.2, 0) is 15.1 Å². The summed E-state index contributed by atoms with van der Waals surface area (Å²) < 4.78 is 0. The van der Waals surface area contributed by atoms with Crippen LogP contribution < -0.4 is 10.6 Å². The van der Waals surface area contributed by atoms with Gasteiger partial charge in [-0.15, -0.1) is 0 Å². The zero-order chi connectivity index (χ0) is 22.3. The van der Waals surface area contributed by atoms with Crippen molar-refractivity contribution < 1.29 is 14.4 Å². The first kappa shape index (κ1) is 19.8. The largest absolute Gasteiger partial charge is 0.325 e. The minimum Gasteiger partial charge on any atom is -0.324 e. The molecule has 4 aromatic carbocycles. The van der Waals surface area contributed by atoms with E-state index in [1.54, 1.807) is 13.0 Å². The van der Waals surface area contributed by atoms with Crippen molar-refractivity contribution in [2.24, 2.45) is 0 Å². The summed E-state index contributed by atoms with van der Waals surface area (Å²) in [5, 5.41) is 9.37. The maximum Gasteiger partial charge on any atom is 0.325 e. The van der Waals surface area contributed by atoms with Gasteiger partial charge in [0.05, 0.1) is 0 Å². The highest BCUT2D eigenvalue weighted by atomic mass is 16.2. The van der Waals surface area contributed by atoms with Gasteiger partial charge in [0.1, 0.15) is 12.1 Å². The molecule has 1 aliphatic heterocycles. The van der Waals surface area contributed by atoms with E-state index in [9.17, 15) is 14.4 Å². The number of amides is 4. The third-order valence-corrected chi connectivity index (χ3v) is 5.97. The number of hydrogen-bond acceptors (Lipinski definition) is 3. The maximum atomic E-state index is 13.3. The predicted molar refractivity (Wildman–Crippen MR) is 124 cm³/mol. The molecule has 6 nitrogen and oxygen atoms in total. The number of benzene rings is 4. The van der Waals surface area contributed by atoms with Crippen molar-refractivity contribution in [3.63, 3.8) is 0 Å². The number of hydrogen-bond donors (Lipinski definition) is 2. The number of nitrogens with one attached hydrogen (secondary N) is 2. The van der Waals surface area contributed by atoms with Gasteiger partial charge >= 0.3 is 6.03 Å². The van der Waals surface area contributed by atoms with Gasteiger partial charge in [0.2, 0.25) is 5.91 Å². The summed E-state index contributed by atoms with van der Waals surface area (Å²) in [6.07, 6.45) is 0. The number of imide groups is 1. The minimum atomic E-state index is -1.25. The van der Waals surface area contributed by atoms with Gasteiger partial charge in [-0.25, -0.2) is 4.79 Å². The molecule has 4 amide bonds. The Kier molecular flexibility index (Phi) is 4.63. The van der Waals surface area contributed by atoms with Gasteiger partial charge < -0.3 is 10.6 Å². The third kappa shape index (κ3) is 3.17. The van der Waals surface area contributed by atoms with E-state index in [1.807, 2.05) is 78.9 Å². The van der Waals surface area contributed by atoms with Crippen LogP contribution in [0.1, 0.15) is 12.5 Å². The summed E-state index contributed by atoms with van der Waals surface area (Å²) in [6, 6.07) is 26.1. The smallest absolute Gasteiger partial charge is 0.324 e. The molecule has 1 atom stereocenters. The summed E-state index contributed by atoms with van der Waals surface area (Å²) in [7, 11) is 0. The van der Waals surface area contributed by atoms with Gasteiger partial charge in [0.25, 0.3) is 5.91 Å². The van der Waals surface area contributed by atoms with Crippen LogP contribution >= 0.6 is 0 Å². The lowest BCUT2D eigenvalue weighted by Gasteiger charge is -2.24. The Labute approximate surface area is 184 Å². The standard InChI is InChI=1S/C26H21N3O3/c1-26(21-14-6-10-17-8-2-4-12-19(17)21)24(31)29(25(32)28-26)16-23(30)27-22-15-7-11-18-9-3-5-13-20(18)22/h2-15H,16H2,1H3,(H,27,30)(H,28,32)/t26-/m1/s1. The zero-order valence-electron chi connectivity index (χ0n) is 17.5. The Balaban J connectivity index is 1.41. The lowest BCUT2D eigenvalue weighted by molar-refractivity contribution is -0.133. The normalized spacial score (nSPS) is 18.2. The fourth-order valence-electron chi connectivity index (χ4n) is 4.35. The average molecular weight is 423 g/mol. The van der Waals surface area contributed by atoms with E-state index in [1.165, 1.54) is 0 Å². The number of fused-ring (bicyclic) bond motifs is 2. The highest BCUT2D eigenvalue weighted by Gasteiger charge is 2.50. The Hall–Kier alpha value is -4.19. The number of carbonyl (C=O) groups is 3. The zero-order valence-corrected chi connectivity index (χ0v) is 17.5. The first-order valence-corrected chi connectivity index (χ1v) is 10.4. The number of urea groups is 1. The van der Waals surface area contributed by atoms with Crippen LogP contribution in [-0.4, -0.2) is 29.3 Å². The summed E-state index contributed by atoms with van der Waals surface area (Å²) in [5.41, 5.74) is 0.0837. The van der Waals surface area contributed by atoms with E-state index in [-0.39, 0.29) is 6.54 Å². The molecule has 6 heteroatoms. The van der Waals surface area contributed by atoms with Gasteiger partial charge in [-0.05, 0) is 34.7 Å². The summed E-state index contributed by atoms with van der Waals surface area (Å²) in [6.45, 7) is 1.31. The van der Waals surface area contributed by atoms with E-state index in [4.69, 9.17) is 0 Å². The van der Waals surface area contributed by atoms with Crippen LogP contribution in [0.25, 0.3) is 21.5 Å². The quantitative estimate of drug-likeness (QED) is 0.478. The fourth-order valence-corrected chi connectivity index (χ4v) is 4.35. The first-order chi connectivity index (χ1) is 15.5. The maximum absolute atomic E-state index is 13.3. The van der Waals surface area contributed by atoms with E-state index in [0.29, 0.717) is 11.3 Å². The van der Waals surface area contributed by atoms with Crippen molar-refractivity contribution in [3.05, 3.63) is 90.5 Å². The summed E-state index contributed by atoms with van der Waals surface area (Å²) in [5.74, 6) is -0.890. The molecule has 0 aliphatic carbocycles. The van der Waals surface area contributed by atoms with E-state index in [2.05, 4.69) is 10.6 Å². The molecule has 1 fully saturated rings. The van der Waals surface area contributed by atoms with Crippen molar-refractivity contribution in [2.75, 3.05) is 11.9 Å². The van der Waals surface area contributed by atoms with Crippen molar-refractivity contribution in [1.29, 1.82) is 0 Å². The highest BCUT2D eigenvalue weighted by Crippen LogP contribution is 2.34. The lowest BCUT2D eigenvalue weighted by atomic mass is 9.88. The molecule has 0 bridgehead atoms. The second kappa shape index (κ2) is 7.50. The molecular weight excluding hydrogens is 402 g/mol. The van der Waals surface area contributed by atoms with Crippen LogP contribution in [0.5, 0.6) is 0 Å². The van der Waals surface area contributed by atoms with Crippen molar-refractivity contribution >= 4 is 45.1 Å². The number of nitrogens with zero attached hydrogens (tertiary/aromatic N) is 1. The van der Waals surface area contributed by atoms with Gasteiger partial charge in [0.15, 0.2) is 0 Å². The van der Waals surface area contributed by atoms with Crippen LogP contribution in [0, 0.1) is 0 Å². The number of rotatable bonds is 4. The Morgan fingerprint density at radius 2 is 1.44 bits per heavy atom. The molecule has 0 unspecified atom stereocenters. The van der Waals surface area contributed by atoms with Gasteiger partial charge in [-0.2, -0.15) is 0 Å². The molecule has 1 aliphatic rings. The highest BCUT2D eigenvalue weighted by molar-refractivity contribution is 6.12. The molecule has 158 valence electrons. The van der Waals surface area contributed by atoms with Gasteiger partial charge in [-0.3, -0.25) is 14.5 Å². The van der Waals surface area contributed by atoms with Crippen molar-refractivity contribution in [1.82, 2.24) is 10.2 Å². The second-order valence-electron chi connectivity index (χ2n) is 8.05. The topological polar surface area (TPSA) is 78.5 Å². The van der Waals surface area contributed by atoms with E-state index in [0.717, 1.165) is 26.4 Å². The minimum absolute atomic E-state index is 0.367. The molecule has 0 saturated carbocycles. The van der Waals surface area contributed by atoms with Crippen LogP contribution in [0.15, 0.2) is 84.9 Å². The second-order valence-corrected chi connectivity index (χ2v) is 8.05. The number of carbonyl (C=O) groups excluding carboxylic acids is 3. The van der Waals surface area contributed by atoms with E-state index >= 15 is 0 Å². The Morgan fingerprint density at radius 1 is 0.844 bits per heavy atom. The molecule has 0 spiro atoms. The van der Waals surface area contributed by atoms with Gasteiger partial charge in [0, 0.05) is 11.1 Å². The molecule has 1 heterocycles. The van der Waals surface area contributed by atoms with Crippen LogP contribution in [0.4, 0.5) is 10.5 Å². The lowest BCUT2D eigenvalue weighted by Crippen LogP contribution is -2.42. The number of anilines is 1. The molecule has 1 saturated heterocycles. The summed E-state index contributed by atoms with van der Waals surface area (Å²) >= 11 is 0. The Morgan fingerprint density at radius 3 is 2.19 bits per heavy atom. The Bertz CT molecular complexity index is 1390. The van der Waals surface area contributed by atoms with Crippen molar-refractivity contribution in [2.45, 2.75) is 12.5 Å². The molecule has 5 rings (SSSR count). The van der Waals surface area contributed by atoms with Crippen LogP contribution in [0.2, 0.25) is 0 Å². The molecule has 0 aromatic heterocycles. The third-order valence-electron chi connectivity index (χ3n) is 5.97. The monoisotopic (exact) mass is 423 g/mol. The first-order valence-electron chi connectivity index (χ1n) is 10.4. The fraction of sp³-hybridized carbons (Fsp3) is 0.115. The molecule has 4 aromatic rings. The summed E-state index contributed by atoms with van der Waals surface area (Å²) in [4.78, 5) is 39.8. The average Bonchev–Trinajstić information content (AvgIpc) is 3.02. The van der Waals surface area contributed by atoms with Crippen LogP contribution in [0.3, 0.4) is 0 Å².